The summed E-state index contributed by atoms with van der Waals surface area (Å²) >= 11 is 3.41. The van der Waals surface area contributed by atoms with E-state index in [2.05, 4.69) is 20.8 Å². The van der Waals surface area contributed by atoms with Gasteiger partial charge in [0, 0.05) is 32.7 Å². The van der Waals surface area contributed by atoms with E-state index in [1.165, 1.54) is 22.0 Å². The Balaban J connectivity index is 1.15. The first-order chi connectivity index (χ1) is 39.0. The van der Waals surface area contributed by atoms with Crippen molar-refractivity contribution in [2.75, 3.05) is 17.6 Å². The van der Waals surface area contributed by atoms with Gasteiger partial charge in [-0.15, -0.1) is 23.1 Å². The summed E-state index contributed by atoms with van der Waals surface area (Å²) in [4.78, 5) is 98.5. The van der Waals surface area contributed by atoms with Crippen LogP contribution in [0.1, 0.15) is 102 Å². The van der Waals surface area contributed by atoms with Gasteiger partial charge in [-0.25, -0.2) is 29.1 Å². The molecule has 426 valence electrons. The Bertz CT molecular complexity index is 3180. The van der Waals surface area contributed by atoms with E-state index in [1.807, 2.05) is 152 Å². The molecule has 1 unspecified atom stereocenters. The number of anilines is 1. The highest BCUT2D eigenvalue weighted by Crippen LogP contribution is 2.45. The standard InChI is InChI=1S/C62H64N6O11S3/c1-59(2,3)76-56(72)65-55-63-45(38-82-55)47(66-79-62(42-30-19-12-20-31-42,43-32-21-13-22-33-43)44-34-23-14-24-35-44)51(69)64-48-52(70)68-49(54(71)75-50(40-26-15-10-16-27-40)41-28-17-11-18-29-41)46(39-81-53(48)68)80-37-25-36-67(57(73)77-60(4,5)6)58(74)78-61(7,8)9/h10-35,37-38,48,50,53H,36,39H2,1-9H3,(H,64,69)(H,63,65,72)/b37-25+,66-47-/t48?,53-/m1/s1. The monoisotopic (exact) mass is 1160 g/mol. The van der Waals surface area contributed by atoms with Crippen molar-refractivity contribution in [3.63, 3.8) is 0 Å². The third-order valence-corrected chi connectivity index (χ3v) is 15.2. The van der Waals surface area contributed by atoms with Crippen molar-refractivity contribution < 1.29 is 52.6 Å². The molecule has 8 rings (SSSR count). The van der Waals surface area contributed by atoms with Crippen molar-refractivity contribution in [1.82, 2.24) is 20.1 Å². The number of nitrogens with one attached hydrogen (secondary N) is 2. The minimum absolute atomic E-state index is 0.0102. The Kier molecular flexibility index (Phi) is 18.8. The van der Waals surface area contributed by atoms with Gasteiger partial charge >= 0.3 is 24.2 Å². The van der Waals surface area contributed by atoms with Crippen molar-refractivity contribution >= 4 is 81.8 Å². The summed E-state index contributed by atoms with van der Waals surface area (Å²) in [5.41, 5.74) is -1.06. The van der Waals surface area contributed by atoms with E-state index in [4.69, 9.17) is 23.8 Å². The molecule has 0 radical (unpaired) electrons. The van der Waals surface area contributed by atoms with E-state index in [0.29, 0.717) is 32.7 Å². The number of carbonyl (C=O) groups is 6. The molecule has 0 aliphatic carbocycles. The molecule has 5 amide bonds. The molecular weight excluding hydrogens is 1100 g/mol. The van der Waals surface area contributed by atoms with Gasteiger partial charge in [-0.2, -0.15) is 0 Å². The predicted molar refractivity (Wildman–Crippen MR) is 318 cm³/mol. The van der Waals surface area contributed by atoms with Crippen LogP contribution in [0.2, 0.25) is 0 Å². The van der Waals surface area contributed by atoms with Gasteiger partial charge in [-0.3, -0.25) is 19.8 Å². The van der Waals surface area contributed by atoms with Crippen LogP contribution in [0.4, 0.5) is 19.5 Å². The summed E-state index contributed by atoms with van der Waals surface area (Å²) in [7, 11) is 0. The second kappa shape index (κ2) is 25.7. The Labute approximate surface area is 489 Å². The number of esters is 1. The largest absolute Gasteiger partial charge is 0.448 e. The Morgan fingerprint density at radius 3 is 1.66 bits per heavy atom. The second-order valence-corrected chi connectivity index (χ2v) is 24.7. The summed E-state index contributed by atoms with van der Waals surface area (Å²) in [5, 5.41) is 12.6. The number of fused-ring (bicyclic) bond motifs is 1. The lowest BCUT2D eigenvalue weighted by Crippen LogP contribution is -2.71. The van der Waals surface area contributed by atoms with Crippen LogP contribution in [0.25, 0.3) is 0 Å². The van der Waals surface area contributed by atoms with E-state index in [-0.39, 0.29) is 34.5 Å². The van der Waals surface area contributed by atoms with Crippen LogP contribution in [-0.2, 0) is 43.8 Å². The quantitative estimate of drug-likeness (QED) is 0.0218. The molecule has 17 nitrogen and oxygen atoms in total. The number of oxime groups is 1. The molecule has 1 saturated heterocycles. The molecule has 0 spiro atoms. The molecule has 2 atom stereocenters. The fourth-order valence-electron chi connectivity index (χ4n) is 8.59. The average Bonchev–Trinajstić information content (AvgIpc) is 3.26. The number of thiazole rings is 1. The molecule has 2 aliphatic heterocycles. The number of rotatable bonds is 17. The van der Waals surface area contributed by atoms with E-state index >= 15 is 4.79 Å². The number of benzene rings is 5. The number of imide groups is 1. The van der Waals surface area contributed by atoms with Gasteiger partial charge in [0.1, 0.15) is 39.6 Å². The minimum atomic E-state index is -1.44. The molecule has 20 heteroatoms. The number of thioether (sulfide) groups is 2. The van der Waals surface area contributed by atoms with E-state index in [9.17, 15) is 24.0 Å². The lowest BCUT2D eigenvalue weighted by Gasteiger charge is -2.49. The normalized spacial score (nSPS) is 15.7. The number of amides is 5. The SMILES string of the molecule is CC(C)(C)OC(=O)Nc1nc(/C(=N/OC(c2ccccc2)(c2ccccc2)c2ccccc2)C(=O)NC2C(=O)N3C(C(=O)OC(c4ccccc4)c4ccccc4)=C(S/C=C/CN(C(=O)OC(C)(C)C)C(=O)OC(C)(C)C)CS[C@H]23)cs1. The molecule has 0 saturated carbocycles. The molecule has 82 heavy (non-hydrogen) atoms. The van der Waals surface area contributed by atoms with Crippen LogP contribution in [0.5, 0.6) is 0 Å². The number of aromatic nitrogens is 1. The summed E-state index contributed by atoms with van der Waals surface area (Å²) < 4.78 is 22.9. The first kappa shape index (κ1) is 59.9. The van der Waals surface area contributed by atoms with Crippen molar-refractivity contribution in [3.05, 3.63) is 213 Å². The van der Waals surface area contributed by atoms with Gasteiger partial charge < -0.3 is 29.1 Å². The number of hydrogen-bond acceptors (Lipinski definition) is 16. The van der Waals surface area contributed by atoms with Crippen LogP contribution in [0.3, 0.4) is 0 Å². The molecule has 1 aromatic heterocycles. The Hall–Kier alpha value is -8.20. The topological polar surface area (TPSA) is 204 Å². The van der Waals surface area contributed by atoms with Gasteiger partial charge in [0.15, 0.2) is 16.9 Å². The minimum Gasteiger partial charge on any atom is -0.448 e. The number of nitrogens with zero attached hydrogens (tertiary/aromatic N) is 4. The molecule has 1 fully saturated rings. The van der Waals surface area contributed by atoms with Crippen LogP contribution in [-0.4, -0.2) is 97.1 Å². The van der Waals surface area contributed by atoms with Gasteiger partial charge in [0.25, 0.3) is 11.8 Å². The van der Waals surface area contributed by atoms with Crippen molar-refractivity contribution in [2.45, 2.75) is 102 Å². The predicted octanol–water partition coefficient (Wildman–Crippen LogP) is 12.6. The van der Waals surface area contributed by atoms with Crippen molar-refractivity contribution in [2.24, 2.45) is 5.16 Å². The molecule has 3 heterocycles. The van der Waals surface area contributed by atoms with E-state index < -0.39 is 76.0 Å². The van der Waals surface area contributed by atoms with Crippen LogP contribution in [0.15, 0.2) is 184 Å². The number of hydrogen-bond donors (Lipinski definition) is 2. The van der Waals surface area contributed by atoms with Gasteiger partial charge in [0.05, 0.1) is 6.54 Å². The van der Waals surface area contributed by atoms with Crippen LogP contribution >= 0.6 is 34.9 Å². The molecule has 2 N–H and O–H groups in total. The summed E-state index contributed by atoms with van der Waals surface area (Å²) in [6.07, 6.45) is -1.95. The zero-order chi connectivity index (χ0) is 58.8. The molecular formula is C62H64N6O11S3. The molecule has 6 aromatic rings. The van der Waals surface area contributed by atoms with E-state index in [0.717, 1.165) is 28.0 Å². The van der Waals surface area contributed by atoms with Crippen LogP contribution in [0, 0.1) is 0 Å². The molecule has 2 aliphatic rings. The zero-order valence-electron chi connectivity index (χ0n) is 46.8. The fraction of sp³-hybridized carbons (Fsp3) is 0.290. The highest BCUT2D eigenvalue weighted by atomic mass is 32.2. The summed E-state index contributed by atoms with van der Waals surface area (Å²) in [6.45, 7) is 15.0. The highest BCUT2D eigenvalue weighted by Gasteiger charge is 2.55. The molecule has 0 bridgehead atoms. The summed E-state index contributed by atoms with van der Waals surface area (Å²) in [5.74, 6) is -2.13. The summed E-state index contributed by atoms with van der Waals surface area (Å²) in [6, 6.07) is 45.4. The Morgan fingerprint density at radius 2 is 1.18 bits per heavy atom. The zero-order valence-corrected chi connectivity index (χ0v) is 49.3. The maximum absolute atomic E-state index is 15.1. The first-order valence-corrected chi connectivity index (χ1v) is 29.1. The maximum atomic E-state index is 15.1. The van der Waals surface area contributed by atoms with Gasteiger partial charge in [-0.05, 0) is 78.8 Å². The van der Waals surface area contributed by atoms with Crippen molar-refractivity contribution in [1.29, 1.82) is 0 Å². The second-order valence-electron chi connectivity index (χ2n) is 21.8. The Morgan fingerprint density at radius 1 is 0.707 bits per heavy atom. The third-order valence-electron chi connectivity index (χ3n) is 12.0. The lowest BCUT2D eigenvalue weighted by molar-refractivity contribution is -0.154. The third kappa shape index (κ3) is 14.8. The lowest BCUT2D eigenvalue weighted by atomic mass is 9.80. The van der Waals surface area contributed by atoms with Gasteiger partial charge in [0.2, 0.25) is 5.60 Å². The maximum Gasteiger partial charge on any atom is 0.420 e. The van der Waals surface area contributed by atoms with E-state index in [1.54, 1.807) is 73.8 Å². The smallest absolute Gasteiger partial charge is 0.420 e. The highest BCUT2D eigenvalue weighted by molar-refractivity contribution is 8.08. The van der Waals surface area contributed by atoms with Gasteiger partial charge in [-0.1, -0.05) is 175 Å². The number of carbonyl (C=O) groups excluding carboxylic acids is 6. The fourth-order valence-corrected chi connectivity index (χ4v) is 11.6. The van der Waals surface area contributed by atoms with Crippen LogP contribution < -0.4 is 10.6 Å². The number of ether oxygens (including phenoxy) is 4. The van der Waals surface area contributed by atoms with Crippen molar-refractivity contribution in [3.8, 4) is 0 Å². The number of β-lactam (4-membered cyclic amide) rings is 1. The first-order valence-electron chi connectivity index (χ1n) is 26.2. The average molecular weight is 1170 g/mol. The molecule has 5 aromatic carbocycles.